The van der Waals surface area contributed by atoms with E-state index in [2.05, 4.69) is 20.4 Å². The number of thiazole rings is 1. The van der Waals surface area contributed by atoms with Crippen LogP contribution in [0.15, 0.2) is 15.4 Å². The van der Waals surface area contributed by atoms with Crippen LogP contribution in [-0.2, 0) is 0 Å². The number of aromatic nitrogens is 3. The van der Waals surface area contributed by atoms with E-state index in [1.807, 2.05) is 5.38 Å². The smallest absolute Gasteiger partial charge is 0.244 e. The van der Waals surface area contributed by atoms with Gasteiger partial charge >= 0.3 is 0 Å². The Hall–Kier alpha value is -1.27. The molecule has 0 radical (unpaired) electrons. The van der Waals surface area contributed by atoms with Crippen LogP contribution < -0.4 is 5.32 Å². The highest BCUT2D eigenvalue weighted by Gasteiger charge is 2.22. The van der Waals surface area contributed by atoms with E-state index in [0.717, 1.165) is 18.7 Å². The Morgan fingerprint density at radius 1 is 1.53 bits per heavy atom. The normalized spacial score (nSPS) is 20.9. The summed E-state index contributed by atoms with van der Waals surface area (Å²) in [5, 5.41) is 9.15. The highest BCUT2D eigenvalue weighted by molar-refractivity contribution is 7.07. The maximum absolute atomic E-state index is 5.21. The van der Waals surface area contributed by atoms with Crippen LogP contribution in [0.4, 0.5) is 0 Å². The third kappa shape index (κ3) is 1.66. The minimum atomic E-state index is 0.227. The molecule has 1 saturated heterocycles. The summed E-state index contributed by atoms with van der Waals surface area (Å²) in [7, 11) is 0. The Kier molecular flexibility index (Phi) is 2.22. The second-order valence-corrected chi connectivity index (χ2v) is 4.20. The summed E-state index contributed by atoms with van der Waals surface area (Å²) in [6.45, 7) is 1.03. The lowest BCUT2D eigenvalue weighted by molar-refractivity contribution is 0.345. The number of nitrogens with zero attached hydrogens (tertiary/aromatic N) is 3. The van der Waals surface area contributed by atoms with E-state index < -0.39 is 0 Å². The van der Waals surface area contributed by atoms with Crippen molar-refractivity contribution in [1.29, 1.82) is 0 Å². The lowest BCUT2D eigenvalue weighted by atomic mass is 10.2. The zero-order valence-corrected chi connectivity index (χ0v) is 8.83. The van der Waals surface area contributed by atoms with E-state index in [1.54, 1.807) is 5.51 Å². The van der Waals surface area contributed by atoms with Crippen LogP contribution in [0.3, 0.4) is 0 Å². The summed E-state index contributed by atoms with van der Waals surface area (Å²) >= 11 is 1.53. The van der Waals surface area contributed by atoms with Crippen molar-refractivity contribution in [2.75, 3.05) is 6.54 Å². The maximum Gasteiger partial charge on any atom is 0.244 e. The fourth-order valence-corrected chi connectivity index (χ4v) is 2.23. The summed E-state index contributed by atoms with van der Waals surface area (Å²) < 4.78 is 5.21. The van der Waals surface area contributed by atoms with Gasteiger partial charge in [-0.1, -0.05) is 5.16 Å². The summed E-state index contributed by atoms with van der Waals surface area (Å²) in [4.78, 5) is 8.48. The van der Waals surface area contributed by atoms with Gasteiger partial charge in [0.05, 0.1) is 11.6 Å². The van der Waals surface area contributed by atoms with Crippen LogP contribution in [0.2, 0.25) is 0 Å². The molecule has 2 aromatic heterocycles. The van der Waals surface area contributed by atoms with Crippen molar-refractivity contribution in [2.45, 2.75) is 18.9 Å². The van der Waals surface area contributed by atoms with Crippen molar-refractivity contribution in [3.8, 4) is 11.5 Å². The van der Waals surface area contributed by atoms with Crippen molar-refractivity contribution >= 4 is 11.3 Å². The van der Waals surface area contributed by atoms with E-state index in [0.29, 0.717) is 11.7 Å². The standard InChI is InChI=1S/C9H10N4OS/c1-2-6(10-3-1)9-12-8(13-14-9)7-4-15-5-11-7/h4-6,10H,1-3H2. The second-order valence-electron chi connectivity index (χ2n) is 3.48. The maximum atomic E-state index is 5.21. The van der Waals surface area contributed by atoms with Crippen LogP contribution in [0, 0.1) is 0 Å². The van der Waals surface area contributed by atoms with Gasteiger partial charge in [0, 0.05) is 5.38 Å². The molecule has 1 aliphatic heterocycles. The molecular formula is C9H10N4OS. The Morgan fingerprint density at radius 3 is 3.27 bits per heavy atom. The first-order valence-corrected chi connectivity index (χ1v) is 5.83. The second kappa shape index (κ2) is 3.71. The molecule has 1 unspecified atom stereocenters. The quantitative estimate of drug-likeness (QED) is 0.836. The lowest BCUT2D eigenvalue weighted by Crippen LogP contribution is -2.12. The minimum Gasteiger partial charge on any atom is -0.337 e. The topological polar surface area (TPSA) is 63.8 Å². The Bertz CT molecular complexity index is 433. The van der Waals surface area contributed by atoms with Crippen LogP contribution >= 0.6 is 11.3 Å². The van der Waals surface area contributed by atoms with Gasteiger partial charge in [0.2, 0.25) is 11.7 Å². The molecule has 3 heterocycles. The molecule has 15 heavy (non-hydrogen) atoms. The van der Waals surface area contributed by atoms with Crippen molar-refractivity contribution in [3.63, 3.8) is 0 Å². The lowest BCUT2D eigenvalue weighted by Gasteiger charge is -2.00. The predicted octanol–water partition coefficient (Wildman–Crippen LogP) is 1.62. The van der Waals surface area contributed by atoms with Crippen molar-refractivity contribution in [3.05, 3.63) is 16.8 Å². The van der Waals surface area contributed by atoms with Gasteiger partial charge in [0.1, 0.15) is 5.69 Å². The predicted molar refractivity (Wildman–Crippen MR) is 55.4 cm³/mol. The molecule has 2 aromatic rings. The van der Waals surface area contributed by atoms with E-state index in [4.69, 9.17) is 4.52 Å². The Morgan fingerprint density at radius 2 is 2.53 bits per heavy atom. The molecule has 0 amide bonds. The largest absolute Gasteiger partial charge is 0.337 e. The van der Waals surface area contributed by atoms with Crippen molar-refractivity contribution in [1.82, 2.24) is 20.4 Å². The van der Waals surface area contributed by atoms with E-state index >= 15 is 0 Å². The van der Waals surface area contributed by atoms with E-state index in [-0.39, 0.29) is 6.04 Å². The highest BCUT2D eigenvalue weighted by Crippen LogP contribution is 2.23. The third-order valence-electron chi connectivity index (χ3n) is 2.46. The fraction of sp³-hybridized carbons (Fsp3) is 0.444. The number of rotatable bonds is 2. The van der Waals surface area contributed by atoms with Crippen molar-refractivity contribution in [2.24, 2.45) is 0 Å². The first-order chi connectivity index (χ1) is 7.43. The van der Waals surface area contributed by atoms with Crippen molar-refractivity contribution < 1.29 is 4.52 Å². The Labute approximate surface area is 90.5 Å². The van der Waals surface area contributed by atoms with Gasteiger partial charge in [-0.15, -0.1) is 11.3 Å². The molecule has 0 aromatic carbocycles. The monoisotopic (exact) mass is 222 g/mol. The molecule has 6 heteroatoms. The molecule has 1 atom stereocenters. The van der Waals surface area contributed by atoms with Gasteiger partial charge in [-0.3, -0.25) is 0 Å². The van der Waals surface area contributed by atoms with E-state index in [1.165, 1.54) is 17.8 Å². The van der Waals surface area contributed by atoms with Gasteiger partial charge in [-0.2, -0.15) is 4.98 Å². The summed E-state index contributed by atoms with van der Waals surface area (Å²) in [6.07, 6.45) is 2.23. The zero-order chi connectivity index (χ0) is 10.1. The van der Waals surface area contributed by atoms with Crippen LogP contribution in [0.1, 0.15) is 24.8 Å². The SMILES string of the molecule is c1nc(-c2noc(C3CCCN3)n2)cs1. The fourth-order valence-electron chi connectivity index (χ4n) is 1.70. The van der Waals surface area contributed by atoms with Gasteiger partial charge in [-0.25, -0.2) is 4.98 Å². The molecule has 0 bridgehead atoms. The Balaban J connectivity index is 1.87. The number of hydrogen-bond acceptors (Lipinski definition) is 6. The molecule has 78 valence electrons. The number of hydrogen-bond donors (Lipinski definition) is 1. The average molecular weight is 222 g/mol. The van der Waals surface area contributed by atoms with Crippen LogP contribution in [-0.4, -0.2) is 21.7 Å². The van der Waals surface area contributed by atoms with Crippen LogP contribution in [0.5, 0.6) is 0 Å². The molecular weight excluding hydrogens is 212 g/mol. The summed E-state index contributed by atoms with van der Waals surface area (Å²) in [5.41, 5.74) is 2.55. The summed E-state index contributed by atoms with van der Waals surface area (Å²) in [5.74, 6) is 1.26. The molecule has 3 rings (SSSR count). The molecule has 5 nitrogen and oxygen atoms in total. The molecule has 0 spiro atoms. The highest BCUT2D eigenvalue weighted by atomic mass is 32.1. The molecule has 1 N–H and O–H groups in total. The molecule has 0 saturated carbocycles. The van der Waals surface area contributed by atoms with Gasteiger partial charge < -0.3 is 9.84 Å². The number of nitrogens with one attached hydrogen (secondary N) is 1. The third-order valence-corrected chi connectivity index (χ3v) is 3.05. The molecule has 1 aliphatic rings. The van der Waals surface area contributed by atoms with Gasteiger partial charge in [0.15, 0.2) is 0 Å². The zero-order valence-electron chi connectivity index (χ0n) is 8.01. The van der Waals surface area contributed by atoms with Gasteiger partial charge in [0.25, 0.3) is 0 Å². The first-order valence-electron chi connectivity index (χ1n) is 4.89. The molecule has 1 fully saturated rings. The minimum absolute atomic E-state index is 0.227. The first kappa shape index (κ1) is 8.99. The van der Waals surface area contributed by atoms with Gasteiger partial charge in [-0.05, 0) is 19.4 Å². The van der Waals surface area contributed by atoms with E-state index in [9.17, 15) is 0 Å². The molecule has 0 aliphatic carbocycles. The van der Waals surface area contributed by atoms with Crippen LogP contribution in [0.25, 0.3) is 11.5 Å². The summed E-state index contributed by atoms with van der Waals surface area (Å²) in [6, 6.07) is 0.227. The average Bonchev–Trinajstić information content (AvgIpc) is 3.02.